The Kier molecular flexibility index (Phi) is 4.64. The Labute approximate surface area is 150 Å². The van der Waals surface area contributed by atoms with Crippen molar-refractivity contribution in [2.24, 2.45) is 0 Å². The van der Waals surface area contributed by atoms with Crippen molar-refractivity contribution >= 4 is 22.8 Å². The second-order valence-electron chi connectivity index (χ2n) is 5.15. The van der Waals surface area contributed by atoms with E-state index in [4.69, 9.17) is 4.74 Å². The summed E-state index contributed by atoms with van der Waals surface area (Å²) in [6, 6.07) is 2.40. The number of H-pyrrole nitrogens is 1. The van der Waals surface area contributed by atoms with E-state index in [0.29, 0.717) is 12.1 Å². The summed E-state index contributed by atoms with van der Waals surface area (Å²) in [6.07, 6.45) is -9.84. The molecule has 0 saturated heterocycles. The molecule has 14 heteroatoms. The van der Waals surface area contributed by atoms with Gasteiger partial charge in [0.2, 0.25) is 5.82 Å². The molecule has 0 radical (unpaired) electrons. The zero-order valence-corrected chi connectivity index (χ0v) is 13.5. The predicted molar refractivity (Wildman–Crippen MR) is 79.6 cm³/mol. The summed E-state index contributed by atoms with van der Waals surface area (Å²) in [5.41, 5.74) is -0.812. The van der Waals surface area contributed by atoms with Gasteiger partial charge in [-0.05, 0) is 12.1 Å². The third-order valence-electron chi connectivity index (χ3n) is 3.18. The first kappa shape index (κ1) is 19.4. The Morgan fingerprint density at radius 3 is 2.32 bits per heavy atom. The van der Waals surface area contributed by atoms with Crippen LogP contribution in [0, 0.1) is 5.82 Å². The van der Waals surface area contributed by atoms with Crippen molar-refractivity contribution < 1.29 is 40.2 Å². The average Bonchev–Trinajstić information content (AvgIpc) is 2.98. The predicted octanol–water partition coefficient (Wildman–Crippen LogP) is 4.16. The van der Waals surface area contributed by atoms with Gasteiger partial charge in [0.15, 0.2) is 28.7 Å². The van der Waals surface area contributed by atoms with Crippen LogP contribution in [0.5, 0.6) is 11.6 Å². The molecule has 0 aliphatic heterocycles. The number of aromatic nitrogens is 4. The molecule has 150 valence electrons. The Morgan fingerprint density at radius 1 is 1.04 bits per heavy atom. The van der Waals surface area contributed by atoms with Crippen LogP contribution >= 0.6 is 0 Å². The fraction of sp³-hybridized carbons (Fsp3) is 0.214. The maximum absolute atomic E-state index is 13.8. The van der Waals surface area contributed by atoms with Gasteiger partial charge < -0.3 is 19.8 Å². The number of rotatable bonds is 4. The summed E-state index contributed by atoms with van der Waals surface area (Å²) < 4.78 is 96.9. The molecule has 28 heavy (non-hydrogen) atoms. The Balaban J connectivity index is 1.94. The molecule has 7 nitrogen and oxygen atoms in total. The van der Waals surface area contributed by atoms with Crippen LogP contribution in [0.25, 0.3) is 11.3 Å². The second-order valence-corrected chi connectivity index (χ2v) is 5.15. The Bertz CT molecular complexity index is 1020. The lowest BCUT2D eigenvalue weighted by Crippen LogP contribution is -2.18. The number of anilines is 2. The van der Waals surface area contributed by atoms with Gasteiger partial charge in [-0.2, -0.15) is 18.2 Å². The van der Waals surface area contributed by atoms with E-state index in [1.165, 1.54) is 0 Å². The number of fused-ring (bicyclic) bond motifs is 1. The van der Waals surface area contributed by atoms with Gasteiger partial charge in [-0.3, -0.25) is 0 Å². The minimum absolute atomic E-state index is 0.0921. The van der Waals surface area contributed by atoms with Crippen molar-refractivity contribution in [1.29, 1.82) is 0 Å². The lowest BCUT2D eigenvalue weighted by molar-refractivity contribution is -0.275. The standard InChI is InChI=1S/C14H8F7N5O2/c1-27-11-10(23-8-9(24-11)26-12(25-8)13(16,17)18)22-5-2-3-7(6(15)4-5)28-14(19,20)21/h2-4H,1H3,(H2,22,23,24,25,26). The zero-order chi connectivity index (χ0) is 20.7. The van der Waals surface area contributed by atoms with E-state index >= 15 is 0 Å². The zero-order valence-electron chi connectivity index (χ0n) is 13.5. The topological polar surface area (TPSA) is 85.0 Å². The molecule has 3 rings (SSSR count). The van der Waals surface area contributed by atoms with Crippen LogP contribution in [0.15, 0.2) is 18.2 Å². The molecule has 2 aromatic heterocycles. The van der Waals surface area contributed by atoms with Crippen LogP contribution in [0.1, 0.15) is 5.82 Å². The highest BCUT2D eigenvalue weighted by Crippen LogP contribution is 2.32. The number of imidazole rings is 1. The lowest BCUT2D eigenvalue weighted by atomic mass is 10.3. The van der Waals surface area contributed by atoms with Crippen LogP contribution in [-0.4, -0.2) is 33.4 Å². The molecule has 0 aliphatic rings. The van der Waals surface area contributed by atoms with Crippen LogP contribution in [0.3, 0.4) is 0 Å². The highest BCUT2D eigenvalue weighted by molar-refractivity contribution is 5.73. The highest BCUT2D eigenvalue weighted by atomic mass is 19.4. The van der Waals surface area contributed by atoms with Crippen LogP contribution in [0.4, 0.5) is 42.2 Å². The Hall–Kier alpha value is -3.32. The second kappa shape index (κ2) is 6.69. The smallest absolute Gasteiger partial charge is 0.478 e. The number of aromatic amines is 1. The molecule has 0 bridgehead atoms. The Morgan fingerprint density at radius 2 is 1.75 bits per heavy atom. The van der Waals surface area contributed by atoms with Crippen molar-refractivity contribution in [3.05, 3.63) is 29.8 Å². The third kappa shape index (κ3) is 4.15. The van der Waals surface area contributed by atoms with E-state index in [9.17, 15) is 30.7 Å². The normalized spacial score (nSPS) is 12.3. The lowest BCUT2D eigenvalue weighted by Gasteiger charge is -2.12. The molecule has 0 amide bonds. The summed E-state index contributed by atoms with van der Waals surface area (Å²) in [7, 11) is 1.16. The van der Waals surface area contributed by atoms with E-state index in [2.05, 4.69) is 25.0 Å². The number of benzene rings is 1. The van der Waals surface area contributed by atoms with Crippen LogP contribution in [-0.2, 0) is 6.18 Å². The van der Waals surface area contributed by atoms with Gasteiger partial charge in [-0.25, -0.2) is 14.4 Å². The number of nitrogens with one attached hydrogen (secondary N) is 2. The molecular weight excluding hydrogens is 403 g/mol. The summed E-state index contributed by atoms with van der Waals surface area (Å²) in [5.74, 6) is -4.23. The average molecular weight is 411 g/mol. The quantitative estimate of drug-likeness (QED) is 0.628. The monoisotopic (exact) mass is 411 g/mol. The summed E-state index contributed by atoms with van der Waals surface area (Å²) >= 11 is 0. The highest BCUT2D eigenvalue weighted by Gasteiger charge is 2.35. The molecule has 3 aromatic rings. The minimum atomic E-state index is -5.08. The summed E-state index contributed by atoms with van der Waals surface area (Å²) in [4.78, 5) is 12.8. The van der Waals surface area contributed by atoms with Gasteiger partial charge in [0.05, 0.1) is 7.11 Å². The SMILES string of the molecule is COc1nc2[nH]c(C(F)(F)F)nc2nc1Nc1ccc(OC(F)(F)F)c(F)c1. The van der Waals surface area contributed by atoms with E-state index in [-0.39, 0.29) is 23.0 Å². The van der Waals surface area contributed by atoms with Gasteiger partial charge in [-0.15, -0.1) is 13.2 Å². The number of nitrogens with zero attached hydrogens (tertiary/aromatic N) is 3. The summed E-state index contributed by atoms with van der Waals surface area (Å²) in [5, 5.41) is 2.48. The maximum atomic E-state index is 13.8. The summed E-state index contributed by atoms with van der Waals surface area (Å²) in [6.45, 7) is 0. The maximum Gasteiger partial charge on any atom is 0.573 e. The molecule has 2 N–H and O–H groups in total. The van der Waals surface area contributed by atoms with E-state index in [0.717, 1.165) is 13.2 Å². The van der Waals surface area contributed by atoms with Gasteiger partial charge >= 0.3 is 12.5 Å². The minimum Gasteiger partial charge on any atom is -0.478 e. The van der Waals surface area contributed by atoms with E-state index in [1.54, 1.807) is 0 Å². The van der Waals surface area contributed by atoms with Gasteiger partial charge in [0.1, 0.15) is 0 Å². The van der Waals surface area contributed by atoms with E-state index < -0.39 is 35.6 Å². The van der Waals surface area contributed by atoms with Crippen molar-refractivity contribution in [2.45, 2.75) is 12.5 Å². The van der Waals surface area contributed by atoms with Crippen molar-refractivity contribution in [1.82, 2.24) is 19.9 Å². The number of hydrogen-bond donors (Lipinski definition) is 2. The largest absolute Gasteiger partial charge is 0.573 e. The van der Waals surface area contributed by atoms with Crippen molar-refractivity contribution in [3.8, 4) is 11.6 Å². The molecule has 0 spiro atoms. The third-order valence-corrected chi connectivity index (χ3v) is 3.18. The van der Waals surface area contributed by atoms with Crippen molar-refractivity contribution in [3.63, 3.8) is 0 Å². The number of methoxy groups -OCH3 is 1. The molecule has 0 atom stereocenters. The number of hydrogen-bond acceptors (Lipinski definition) is 6. The molecular formula is C14H8F7N5O2. The molecule has 2 heterocycles. The van der Waals surface area contributed by atoms with Crippen LogP contribution < -0.4 is 14.8 Å². The first-order valence-corrected chi connectivity index (χ1v) is 7.17. The number of halogens is 7. The van der Waals surface area contributed by atoms with Gasteiger partial charge in [0.25, 0.3) is 5.88 Å². The molecule has 1 aromatic carbocycles. The van der Waals surface area contributed by atoms with Gasteiger partial charge in [-0.1, -0.05) is 0 Å². The van der Waals surface area contributed by atoms with Crippen molar-refractivity contribution in [2.75, 3.05) is 12.4 Å². The molecule has 0 fully saturated rings. The van der Waals surface area contributed by atoms with Crippen LogP contribution in [0.2, 0.25) is 0 Å². The molecule has 0 aliphatic carbocycles. The first-order valence-electron chi connectivity index (χ1n) is 7.17. The molecule has 0 saturated carbocycles. The molecule has 0 unspecified atom stereocenters. The van der Waals surface area contributed by atoms with Gasteiger partial charge in [0, 0.05) is 11.8 Å². The number of alkyl halides is 6. The first-order chi connectivity index (χ1) is 13.0. The fourth-order valence-corrected chi connectivity index (χ4v) is 2.10. The van der Waals surface area contributed by atoms with E-state index in [1.807, 2.05) is 4.98 Å². The number of ether oxygens (including phenoxy) is 2. The fourth-order valence-electron chi connectivity index (χ4n) is 2.10.